The second-order valence-electron chi connectivity index (χ2n) is 11.3. The SMILES string of the molecule is Cn1cc2cc(-c3cc(Cl)c4cc(N5CCN(C(=O)OC(C)(C)C)C(C6CC6)C5)cnc4n3)cc(F)c2n1. The van der Waals surface area contributed by atoms with Crippen molar-refractivity contribution in [3.8, 4) is 11.3 Å². The molecule has 0 bridgehead atoms. The van der Waals surface area contributed by atoms with Crippen LogP contribution in [0.5, 0.6) is 0 Å². The molecule has 1 aliphatic heterocycles. The number of carbonyl (C=O) groups excluding carboxylic acids is 1. The standard InChI is InChI=1S/C28H30ClFN6O2/c1-28(2,3)38-27(37)36-8-7-35(15-24(36)16-5-6-16)19-11-20-21(29)12-23(32-26(20)31-13-19)17-9-18-14-34(4)33-25(18)22(30)10-17/h9-14,16,24H,5-8,15H2,1-4H3. The van der Waals surface area contributed by atoms with E-state index in [4.69, 9.17) is 21.3 Å². The van der Waals surface area contributed by atoms with Gasteiger partial charge in [0.25, 0.3) is 0 Å². The van der Waals surface area contributed by atoms with E-state index in [1.165, 1.54) is 6.07 Å². The topological polar surface area (TPSA) is 76.4 Å². The second kappa shape index (κ2) is 9.08. The number of benzene rings is 1. The van der Waals surface area contributed by atoms with Crippen molar-refractivity contribution in [2.75, 3.05) is 24.5 Å². The predicted molar refractivity (Wildman–Crippen MR) is 146 cm³/mol. The number of halogens is 2. The summed E-state index contributed by atoms with van der Waals surface area (Å²) >= 11 is 6.72. The van der Waals surface area contributed by atoms with Gasteiger partial charge in [0.05, 0.1) is 28.6 Å². The van der Waals surface area contributed by atoms with Gasteiger partial charge in [0.1, 0.15) is 11.1 Å². The van der Waals surface area contributed by atoms with Crippen LogP contribution in [0.2, 0.25) is 5.02 Å². The number of amides is 1. The molecule has 10 heteroatoms. The van der Waals surface area contributed by atoms with E-state index < -0.39 is 11.4 Å². The number of hydrogen-bond donors (Lipinski definition) is 0. The molecule has 1 atom stereocenters. The van der Waals surface area contributed by atoms with Crippen molar-refractivity contribution < 1.29 is 13.9 Å². The summed E-state index contributed by atoms with van der Waals surface area (Å²) in [5, 5.41) is 6.09. The van der Waals surface area contributed by atoms with Crippen LogP contribution in [0.3, 0.4) is 0 Å². The number of aromatic nitrogens is 4. The molecule has 3 aromatic heterocycles. The van der Waals surface area contributed by atoms with Crippen LogP contribution in [0.25, 0.3) is 33.2 Å². The van der Waals surface area contributed by atoms with Gasteiger partial charge in [-0.05, 0) is 63.8 Å². The van der Waals surface area contributed by atoms with Crippen molar-refractivity contribution in [1.29, 1.82) is 0 Å². The number of piperazine rings is 1. The third-order valence-corrected chi connectivity index (χ3v) is 7.46. The van der Waals surface area contributed by atoms with Gasteiger partial charge < -0.3 is 14.5 Å². The molecule has 1 amide bonds. The molecule has 0 radical (unpaired) electrons. The Morgan fingerprint density at radius 3 is 2.68 bits per heavy atom. The summed E-state index contributed by atoms with van der Waals surface area (Å²) in [5.74, 6) is 0.0827. The van der Waals surface area contributed by atoms with E-state index in [0.717, 1.165) is 23.9 Å². The number of fused-ring (bicyclic) bond motifs is 2. The summed E-state index contributed by atoms with van der Waals surface area (Å²) in [6.45, 7) is 7.65. The van der Waals surface area contributed by atoms with Crippen LogP contribution >= 0.6 is 11.6 Å². The van der Waals surface area contributed by atoms with Gasteiger partial charge in [-0.25, -0.2) is 19.2 Å². The Labute approximate surface area is 225 Å². The van der Waals surface area contributed by atoms with E-state index in [-0.39, 0.29) is 12.1 Å². The lowest BCUT2D eigenvalue weighted by molar-refractivity contribution is 0.0116. The van der Waals surface area contributed by atoms with Crippen LogP contribution in [-0.4, -0.2) is 62.0 Å². The minimum absolute atomic E-state index is 0.0996. The number of rotatable bonds is 3. The third-order valence-electron chi connectivity index (χ3n) is 7.15. The van der Waals surface area contributed by atoms with Crippen molar-refractivity contribution in [3.63, 3.8) is 0 Å². The Balaban J connectivity index is 1.28. The summed E-state index contributed by atoms with van der Waals surface area (Å²) < 4.78 is 21.9. The van der Waals surface area contributed by atoms with Gasteiger partial charge in [-0.3, -0.25) is 4.68 Å². The molecular weight excluding hydrogens is 507 g/mol. The number of pyridine rings is 2. The minimum atomic E-state index is -0.525. The minimum Gasteiger partial charge on any atom is -0.444 e. The van der Waals surface area contributed by atoms with E-state index in [0.29, 0.717) is 58.4 Å². The number of anilines is 1. The first-order chi connectivity index (χ1) is 18.1. The van der Waals surface area contributed by atoms with Crippen molar-refractivity contribution in [1.82, 2.24) is 24.6 Å². The van der Waals surface area contributed by atoms with Crippen LogP contribution in [0, 0.1) is 11.7 Å². The molecule has 2 aliphatic rings. The Bertz CT molecular complexity index is 1560. The fourth-order valence-electron chi connectivity index (χ4n) is 5.21. The summed E-state index contributed by atoms with van der Waals surface area (Å²) in [4.78, 5) is 26.4. The van der Waals surface area contributed by atoms with Gasteiger partial charge in [-0.2, -0.15) is 5.10 Å². The molecular formula is C28H30ClFN6O2. The zero-order valence-corrected chi connectivity index (χ0v) is 22.7. The third kappa shape index (κ3) is 4.75. The largest absolute Gasteiger partial charge is 0.444 e. The van der Waals surface area contributed by atoms with Gasteiger partial charge >= 0.3 is 6.09 Å². The highest BCUT2D eigenvalue weighted by molar-refractivity contribution is 6.35. The summed E-state index contributed by atoms with van der Waals surface area (Å²) in [7, 11) is 1.76. The number of nitrogens with zero attached hydrogens (tertiary/aromatic N) is 6. The number of hydrogen-bond acceptors (Lipinski definition) is 6. The molecule has 1 unspecified atom stereocenters. The molecule has 1 aromatic carbocycles. The van der Waals surface area contributed by atoms with Gasteiger partial charge in [0.15, 0.2) is 11.5 Å². The lowest BCUT2D eigenvalue weighted by Crippen LogP contribution is -2.57. The van der Waals surface area contributed by atoms with E-state index >= 15 is 0 Å². The molecule has 1 saturated heterocycles. The molecule has 38 heavy (non-hydrogen) atoms. The Kier molecular flexibility index (Phi) is 5.94. The van der Waals surface area contributed by atoms with Gasteiger partial charge in [-0.15, -0.1) is 0 Å². The summed E-state index contributed by atoms with van der Waals surface area (Å²) in [6, 6.07) is 7.13. The van der Waals surface area contributed by atoms with Crippen LogP contribution in [0.15, 0.2) is 36.7 Å². The molecule has 4 aromatic rings. The van der Waals surface area contributed by atoms with Crippen molar-refractivity contribution in [2.24, 2.45) is 13.0 Å². The first-order valence-electron chi connectivity index (χ1n) is 12.9. The van der Waals surface area contributed by atoms with E-state index in [1.807, 2.05) is 37.8 Å². The summed E-state index contributed by atoms with van der Waals surface area (Å²) in [6.07, 6.45) is 5.57. The lowest BCUT2D eigenvalue weighted by atomic mass is 10.1. The number of ether oxygens (including phenoxy) is 1. The molecule has 6 rings (SSSR count). The van der Waals surface area contributed by atoms with Crippen LogP contribution in [-0.2, 0) is 11.8 Å². The molecule has 8 nitrogen and oxygen atoms in total. The van der Waals surface area contributed by atoms with E-state index in [2.05, 4.69) is 15.0 Å². The molecule has 0 N–H and O–H groups in total. The van der Waals surface area contributed by atoms with E-state index in [9.17, 15) is 9.18 Å². The molecule has 0 spiro atoms. The van der Waals surface area contributed by atoms with Gasteiger partial charge in [0.2, 0.25) is 0 Å². The average molecular weight is 537 g/mol. The quantitative estimate of drug-likeness (QED) is 0.329. The van der Waals surface area contributed by atoms with Gasteiger partial charge in [-0.1, -0.05) is 11.6 Å². The molecule has 1 saturated carbocycles. The maximum atomic E-state index is 14.7. The first-order valence-corrected chi connectivity index (χ1v) is 13.3. The van der Waals surface area contributed by atoms with Crippen molar-refractivity contribution in [2.45, 2.75) is 45.3 Å². The molecule has 1 aliphatic carbocycles. The molecule has 2 fully saturated rings. The molecule has 198 valence electrons. The van der Waals surface area contributed by atoms with E-state index in [1.54, 1.807) is 30.2 Å². The first kappa shape index (κ1) is 24.9. The number of aryl methyl sites for hydroxylation is 1. The smallest absolute Gasteiger partial charge is 0.410 e. The van der Waals surface area contributed by atoms with Crippen LogP contribution in [0.1, 0.15) is 33.6 Å². The number of carbonyl (C=O) groups is 1. The fraction of sp³-hybridized carbons (Fsp3) is 0.429. The normalized spacial score (nSPS) is 18.4. The monoisotopic (exact) mass is 536 g/mol. The zero-order chi connectivity index (χ0) is 26.8. The highest BCUT2D eigenvalue weighted by Gasteiger charge is 2.42. The molecule has 4 heterocycles. The van der Waals surface area contributed by atoms with Crippen LogP contribution < -0.4 is 4.90 Å². The van der Waals surface area contributed by atoms with Gasteiger partial charge in [0, 0.05) is 49.2 Å². The highest BCUT2D eigenvalue weighted by atomic mass is 35.5. The Morgan fingerprint density at radius 2 is 1.95 bits per heavy atom. The average Bonchev–Trinajstić information content (AvgIpc) is 3.63. The Morgan fingerprint density at radius 1 is 1.16 bits per heavy atom. The maximum absolute atomic E-state index is 14.7. The Hall–Kier alpha value is -3.46. The van der Waals surface area contributed by atoms with Crippen LogP contribution in [0.4, 0.5) is 14.9 Å². The summed E-state index contributed by atoms with van der Waals surface area (Å²) in [5.41, 5.74) is 2.39. The maximum Gasteiger partial charge on any atom is 0.410 e. The lowest BCUT2D eigenvalue weighted by Gasteiger charge is -2.42. The fourth-order valence-corrected chi connectivity index (χ4v) is 5.45. The highest BCUT2D eigenvalue weighted by Crippen LogP contribution is 2.39. The van der Waals surface area contributed by atoms with Crippen molar-refractivity contribution in [3.05, 3.63) is 47.5 Å². The predicted octanol–water partition coefficient (Wildman–Crippen LogP) is 5.81. The zero-order valence-electron chi connectivity index (χ0n) is 21.9. The second-order valence-corrected chi connectivity index (χ2v) is 11.7. The van der Waals surface area contributed by atoms with Crippen molar-refractivity contribution >= 4 is 45.3 Å².